The average Bonchev–Trinajstić information content (AvgIpc) is 2.29. The van der Waals surface area contributed by atoms with Crippen molar-refractivity contribution in [2.45, 2.75) is 32.1 Å². The van der Waals surface area contributed by atoms with Gasteiger partial charge in [-0.3, -0.25) is 9.59 Å². The summed E-state index contributed by atoms with van der Waals surface area (Å²) < 4.78 is 0. The van der Waals surface area contributed by atoms with Crippen molar-refractivity contribution < 1.29 is 14.7 Å². The minimum absolute atomic E-state index is 0.203. The van der Waals surface area contributed by atoms with Gasteiger partial charge < -0.3 is 15.3 Å². The molecule has 0 radical (unpaired) electrons. The third kappa shape index (κ3) is 5.17. The number of carbonyl (C=O) groups is 2. The summed E-state index contributed by atoms with van der Waals surface area (Å²) in [6.07, 6.45) is 3.34. The van der Waals surface area contributed by atoms with Gasteiger partial charge in [0, 0.05) is 25.9 Å². The van der Waals surface area contributed by atoms with E-state index in [1.807, 2.05) is 11.9 Å². The second-order valence-electron chi connectivity index (χ2n) is 4.63. The van der Waals surface area contributed by atoms with Crippen LogP contribution in [0.3, 0.4) is 0 Å². The zero-order valence-electron chi connectivity index (χ0n) is 10.4. The van der Waals surface area contributed by atoms with Gasteiger partial charge in [-0.25, -0.2) is 0 Å². The lowest BCUT2D eigenvalue weighted by Crippen LogP contribution is -2.39. The smallest absolute Gasteiger partial charge is 0.303 e. The predicted octanol–water partition coefficient (Wildman–Crippen LogP) is 0.699. The third-order valence-electron chi connectivity index (χ3n) is 3.25. The highest BCUT2D eigenvalue weighted by Gasteiger charge is 2.23. The monoisotopic (exact) mass is 242 g/mol. The van der Waals surface area contributed by atoms with E-state index in [2.05, 4.69) is 5.32 Å². The molecular formula is C12H22N2O3. The molecule has 1 aliphatic rings. The number of nitrogens with one attached hydrogen (secondary N) is 1. The fourth-order valence-electron chi connectivity index (χ4n) is 2.21. The molecule has 1 heterocycles. The number of piperidine rings is 1. The normalized spacial score (nSPS) is 17.1. The van der Waals surface area contributed by atoms with Crippen LogP contribution < -0.4 is 5.32 Å². The summed E-state index contributed by atoms with van der Waals surface area (Å²) in [4.78, 5) is 24.2. The molecule has 98 valence electrons. The Hall–Kier alpha value is -1.10. The number of hydrogen-bond donors (Lipinski definition) is 2. The number of rotatable bonds is 6. The largest absolute Gasteiger partial charge is 0.481 e. The van der Waals surface area contributed by atoms with Gasteiger partial charge in [0.1, 0.15) is 0 Å². The van der Waals surface area contributed by atoms with Gasteiger partial charge >= 0.3 is 5.97 Å². The van der Waals surface area contributed by atoms with Gasteiger partial charge in [-0.1, -0.05) is 0 Å². The summed E-state index contributed by atoms with van der Waals surface area (Å²) in [6, 6.07) is 0. The molecule has 0 bridgehead atoms. The predicted molar refractivity (Wildman–Crippen MR) is 64.7 cm³/mol. The number of likely N-dealkylation sites (tertiary alicyclic amines) is 1. The van der Waals surface area contributed by atoms with Gasteiger partial charge in [-0.2, -0.15) is 0 Å². The van der Waals surface area contributed by atoms with Crippen LogP contribution in [0.5, 0.6) is 0 Å². The van der Waals surface area contributed by atoms with E-state index in [1.54, 1.807) is 0 Å². The molecule has 1 amide bonds. The molecule has 1 fully saturated rings. The SMILES string of the molecule is CNCCCC(=O)N1CCC(CC(=O)O)CC1. The van der Waals surface area contributed by atoms with Crippen molar-refractivity contribution in [3.8, 4) is 0 Å². The fourth-order valence-corrected chi connectivity index (χ4v) is 2.21. The van der Waals surface area contributed by atoms with Crippen LogP contribution in [-0.4, -0.2) is 48.6 Å². The summed E-state index contributed by atoms with van der Waals surface area (Å²) >= 11 is 0. The quantitative estimate of drug-likeness (QED) is 0.673. The highest BCUT2D eigenvalue weighted by Crippen LogP contribution is 2.20. The Kier molecular flexibility index (Phi) is 5.97. The molecule has 5 heteroatoms. The van der Waals surface area contributed by atoms with Gasteiger partial charge in [0.25, 0.3) is 0 Å². The average molecular weight is 242 g/mol. The van der Waals surface area contributed by atoms with Gasteiger partial charge in [-0.15, -0.1) is 0 Å². The molecule has 0 aromatic carbocycles. The maximum Gasteiger partial charge on any atom is 0.303 e. The second-order valence-corrected chi connectivity index (χ2v) is 4.63. The number of carboxylic acids is 1. The summed E-state index contributed by atoms with van der Waals surface area (Å²) in [5.74, 6) is -0.285. The van der Waals surface area contributed by atoms with Crippen LogP contribution >= 0.6 is 0 Å². The molecule has 0 spiro atoms. The van der Waals surface area contributed by atoms with E-state index in [0.717, 1.165) is 38.9 Å². The van der Waals surface area contributed by atoms with Crippen LogP contribution in [0.15, 0.2) is 0 Å². The summed E-state index contributed by atoms with van der Waals surface area (Å²) in [6.45, 7) is 2.30. The van der Waals surface area contributed by atoms with E-state index in [4.69, 9.17) is 5.11 Å². The van der Waals surface area contributed by atoms with Crippen LogP contribution in [0, 0.1) is 5.92 Å². The molecular weight excluding hydrogens is 220 g/mol. The zero-order chi connectivity index (χ0) is 12.7. The number of amides is 1. The Balaban J connectivity index is 2.21. The molecule has 17 heavy (non-hydrogen) atoms. The maximum absolute atomic E-state index is 11.8. The highest BCUT2D eigenvalue weighted by atomic mass is 16.4. The first-order valence-electron chi connectivity index (χ1n) is 6.27. The summed E-state index contributed by atoms with van der Waals surface area (Å²) in [5, 5.41) is 11.7. The molecule has 5 nitrogen and oxygen atoms in total. The topological polar surface area (TPSA) is 69.6 Å². The van der Waals surface area contributed by atoms with Crippen molar-refractivity contribution in [1.82, 2.24) is 10.2 Å². The lowest BCUT2D eigenvalue weighted by Gasteiger charge is -2.31. The molecule has 1 aliphatic heterocycles. The first kappa shape index (κ1) is 14.0. The molecule has 0 aromatic rings. The number of aliphatic carboxylic acids is 1. The van der Waals surface area contributed by atoms with Gasteiger partial charge in [0.15, 0.2) is 0 Å². The lowest BCUT2D eigenvalue weighted by atomic mass is 9.93. The Labute approximate surface area is 102 Å². The molecule has 2 N–H and O–H groups in total. The number of carbonyl (C=O) groups excluding carboxylic acids is 1. The molecule has 1 rings (SSSR count). The summed E-state index contributed by atoms with van der Waals surface area (Å²) in [7, 11) is 1.88. The third-order valence-corrected chi connectivity index (χ3v) is 3.25. The van der Waals surface area contributed by atoms with Gasteiger partial charge in [0.2, 0.25) is 5.91 Å². The summed E-state index contributed by atoms with van der Waals surface area (Å²) in [5.41, 5.74) is 0. The standard InChI is InChI=1S/C12H22N2O3/c1-13-6-2-3-11(15)14-7-4-10(5-8-14)9-12(16)17/h10,13H,2-9H2,1H3,(H,16,17). The van der Waals surface area contributed by atoms with E-state index in [1.165, 1.54) is 0 Å². The van der Waals surface area contributed by atoms with E-state index >= 15 is 0 Å². The van der Waals surface area contributed by atoms with Gasteiger partial charge in [0.05, 0.1) is 0 Å². The highest BCUT2D eigenvalue weighted by molar-refractivity contribution is 5.76. The number of nitrogens with zero attached hydrogens (tertiary/aromatic N) is 1. The Morgan fingerprint density at radius 3 is 2.53 bits per heavy atom. The second kappa shape index (κ2) is 7.27. The molecule has 0 unspecified atom stereocenters. The minimum atomic E-state index is -0.733. The lowest BCUT2D eigenvalue weighted by molar-refractivity contribution is -0.138. The molecule has 0 aliphatic carbocycles. The zero-order valence-corrected chi connectivity index (χ0v) is 10.4. The fraction of sp³-hybridized carbons (Fsp3) is 0.833. The Morgan fingerprint density at radius 2 is 2.00 bits per heavy atom. The van der Waals surface area contributed by atoms with E-state index < -0.39 is 5.97 Å². The maximum atomic E-state index is 11.8. The van der Waals surface area contributed by atoms with Crippen molar-refractivity contribution in [2.75, 3.05) is 26.7 Å². The minimum Gasteiger partial charge on any atom is -0.481 e. The van der Waals surface area contributed by atoms with Crippen LogP contribution in [-0.2, 0) is 9.59 Å². The van der Waals surface area contributed by atoms with Crippen molar-refractivity contribution in [3.63, 3.8) is 0 Å². The van der Waals surface area contributed by atoms with Crippen LogP contribution in [0.25, 0.3) is 0 Å². The van der Waals surface area contributed by atoms with Crippen molar-refractivity contribution >= 4 is 11.9 Å². The van der Waals surface area contributed by atoms with Crippen molar-refractivity contribution in [1.29, 1.82) is 0 Å². The van der Waals surface area contributed by atoms with E-state index in [-0.39, 0.29) is 18.2 Å². The van der Waals surface area contributed by atoms with E-state index in [0.29, 0.717) is 6.42 Å². The van der Waals surface area contributed by atoms with Crippen molar-refractivity contribution in [2.24, 2.45) is 5.92 Å². The number of carboxylic acid groups (broad SMARTS) is 1. The molecule has 1 saturated heterocycles. The van der Waals surface area contributed by atoms with Crippen LogP contribution in [0.1, 0.15) is 32.1 Å². The Bertz CT molecular complexity index is 260. The molecule has 0 atom stereocenters. The molecule has 0 saturated carbocycles. The first-order valence-corrected chi connectivity index (χ1v) is 6.27. The van der Waals surface area contributed by atoms with Crippen LogP contribution in [0.4, 0.5) is 0 Å². The van der Waals surface area contributed by atoms with Crippen LogP contribution in [0.2, 0.25) is 0 Å². The first-order chi connectivity index (χ1) is 8.13. The Morgan fingerprint density at radius 1 is 1.35 bits per heavy atom. The van der Waals surface area contributed by atoms with E-state index in [9.17, 15) is 9.59 Å². The molecule has 0 aromatic heterocycles. The van der Waals surface area contributed by atoms with Crippen molar-refractivity contribution in [3.05, 3.63) is 0 Å². The number of hydrogen-bond acceptors (Lipinski definition) is 3. The van der Waals surface area contributed by atoms with Gasteiger partial charge in [-0.05, 0) is 38.8 Å².